The number of aromatic nitrogens is 1. The van der Waals surface area contributed by atoms with Gasteiger partial charge < -0.3 is 0 Å². The minimum atomic E-state index is -0.0784. The lowest BCUT2D eigenvalue weighted by Gasteiger charge is -2.24. The first kappa shape index (κ1) is 17.1. The molecule has 1 N–H and O–H groups in total. The first-order chi connectivity index (χ1) is 9.76. The standard InChI is InChI=1S/C15H18Cl2N2S2/c1-9-8-10(14(17)20-9)13(19-21-15(2,3)4)11-6-5-7-12(16)18-11/h5-8,13,19H,1-4H3. The van der Waals surface area contributed by atoms with Gasteiger partial charge in [-0.3, -0.25) is 4.72 Å². The van der Waals surface area contributed by atoms with Gasteiger partial charge in [-0.25, -0.2) is 4.98 Å². The Hall–Kier alpha value is -0.260. The van der Waals surface area contributed by atoms with Crippen molar-refractivity contribution in [1.29, 1.82) is 0 Å². The molecule has 0 aliphatic rings. The van der Waals surface area contributed by atoms with Gasteiger partial charge in [0.05, 0.1) is 16.1 Å². The molecular weight excluding hydrogens is 343 g/mol. The molecule has 0 spiro atoms. The molecule has 0 bridgehead atoms. The zero-order chi connectivity index (χ0) is 15.6. The average molecular weight is 361 g/mol. The molecule has 2 aromatic rings. The Morgan fingerprint density at radius 1 is 1.29 bits per heavy atom. The highest BCUT2D eigenvalue weighted by Gasteiger charge is 2.23. The third kappa shape index (κ3) is 4.86. The summed E-state index contributed by atoms with van der Waals surface area (Å²) in [5, 5.41) is 0.489. The summed E-state index contributed by atoms with van der Waals surface area (Å²) >= 11 is 15.7. The number of rotatable bonds is 4. The number of thiophene rings is 1. The Morgan fingerprint density at radius 3 is 2.52 bits per heavy atom. The lowest BCUT2D eigenvalue weighted by Crippen LogP contribution is -2.23. The Morgan fingerprint density at radius 2 is 2.00 bits per heavy atom. The quantitative estimate of drug-likeness (QED) is 0.543. The van der Waals surface area contributed by atoms with Crippen LogP contribution in [-0.2, 0) is 0 Å². The molecule has 0 saturated carbocycles. The van der Waals surface area contributed by atoms with Crippen molar-refractivity contribution in [1.82, 2.24) is 9.71 Å². The van der Waals surface area contributed by atoms with Crippen molar-refractivity contribution >= 4 is 46.5 Å². The molecule has 21 heavy (non-hydrogen) atoms. The number of aryl methyl sites for hydroxylation is 1. The molecule has 6 heteroatoms. The van der Waals surface area contributed by atoms with Gasteiger partial charge in [-0.1, -0.05) is 41.2 Å². The molecule has 2 rings (SSSR count). The molecule has 114 valence electrons. The van der Waals surface area contributed by atoms with Crippen molar-refractivity contribution in [2.24, 2.45) is 0 Å². The van der Waals surface area contributed by atoms with E-state index in [1.807, 2.05) is 12.1 Å². The fourth-order valence-corrected chi connectivity index (χ4v) is 3.99. The molecule has 2 nitrogen and oxygen atoms in total. The summed E-state index contributed by atoms with van der Waals surface area (Å²) in [5.74, 6) is 0. The summed E-state index contributed by atoms with van der Waals surface area (Å²) in [5.41, 5.74) is 1.92. The minimum absolute atomic E-state index is 0.0784. The molecule has 0 saturated heterocycles. The average Bonchev–Trinajstić information content (AvgIpc) is 2.67. The van der Waals surface area contributed by atoms with E-state index in [2.05, 4.69) is 43.5 Å². The Bertz CT molecular complexity index is 620. The van der Waals surface area contributed by atoms with Crippen LogP contribution in [0.15, 0.2) is 24.3 Å². The molecule has 1 atom stereocenters. The van der Waals surface area contributed by atoms with Crippen LogP contribution >= 0.6 is 46.5 Å². The van der Waals surface area contributed by atoms with Gasteiger partial charge in [-0.15, -0.1) is 11.3 Å². The third-order valence-corrected chi connectivity index (χ3v) is 5.14. The van der Waals surface area contributed by atoms with Crippen LogP contribution in [0.25, 0.3) is 0 Å². The number of pyridine rings is 1. The predicted molar refractivity (Wildman–Crippen MR) is 95.6 cm³/mol. The van der Waals surface area contributed by atoms with Crippen molar-refractivity contribution < 1.29 is 0 Å². The van der Waals surface area contributed by atoms with Crippen molar-refractivity contribution in [3.05, 3.63) is 49.9 Å². The van der Waals surface area contributed by atoms with Crippen LogP contribution in [0.5, 0.6) is 0 Å². The van der Waals surface area contributed by atoms with Gasteiger partial charge in [0, 0.05) is 15.2 Å². The summed E-state index contributed by atoms with van der Waals surface area (Å²) in [7, 11) is 0. The molecule has 0 fully saturated rings. The Kier molecular flexibility index (Phi) is 5.60. The number of hydrogen-bond donors (Lipinski definition) is 1. The normalized spacial score (nSPS) is 13.4. The smallest absolute Gasteiger partial charge is 0.129 e. The first-order valence-electron chi connectivity index (χ1n) is 6.58. The first-order valence-corrected chi connectivity index (χ1v) is 8.97. The fourth-order valence-electron chi connectivity index (χ4n) is 1.81. The number of hydrogen-bond acceptors (Lipinski definition) is 4. The van der Waals surface area contributed by atoms with Crippen LogP contribution in [0.1, 0.15) is 42.9 Å². The van der Waals surface area contributed by atoms with Gasteiger partial charge in [0.2, 0.25) is 0 Å². The molecule has 0 radical (unpaired) electrons. The zero-order valence-corrected chi connectivity index (χ0v) is 15.6. The minimum Gasteiger partial charge on any atom is -0.250 e. The van der Waals surface area contributed by atoms with E-state index in [9.17, 15) is 0 Å². The summed E-state index contributed by atoms with van der Waals surface area (Å²) in [6.45, 7) is 8.54. The van der Waals surface area contributed by atoms with E-state index in [4.69, 9.17) is 23.2 Å². The highest BCUT2D eigenvalue weighted by molar-refractivity contribution is 7.98. The Labute approximate surface area is 144 Å². The van der Waals surface area contributed by atoms with Gasteiger partial charge in [0.25, 0.3) is 0 Å². The highest BCUT2D eigenvalue weighted by Crippen LogP contribution is 2.36. The highest BCUT2D eigenvalue weighted by atomic mass is 35.5. The van der Waals surface area contributed by atoms with Gasteiger partial charge in [0.1, 0.15) is 5.15 Å². The second-order valence-electron chi connectivity index (χ2n) is 5.74. The van der Waals surface area contributed by atoms with Crippen LogP contribution in [0, 0.1) is 6.92 Å². The van der Waals surface area contributed by atoms with E-state index in [0.29, 0.717) is 5.15 Å². The summed E-state index contributed by atoms with van der Waals surface area (Å²) in [6, 6.07) is 7.69. The van der Waals surface area contributed by atoms with Gasteiger partial charge in [-0.2, -0.15) is 0 Å². The van der Waals surface area contributed by atoms with Crippen molar-refractivity contribution in [3.8, 4) is 0 Å². The van der Waals surface area contributed by atoms with Crippen LogP contribution in [-0.4, -0.2) is 9.73 Å². The molecule has 0 amide bonds. The second-order valence-corrected chi connectivity index (χ2v) is 9.65. The molecule has 0 aliphatic heterocycles. The van der Waals surface area contributed by atoms with Gasteiger partial charge >= 0.3 is 0 Å². The molecule has 0 aliphatic carbocycles. The van der Waals surface area contributed by atoms with E-state index < -0.39 is 0 Å². The van der Waals surface area contributed by atoms with E-state index in [1.165, 1.54) is 4.88 Å². The fraction of sp³-hybridized carbons (Fsp3) is 0.400. The lowest BCUT2D eigenvalue weighted by molar-refractivity contribution is 0.738. The molecule has 1 unspecified atom stereocenters. The van der Waals surface area contributed by atoms with Gasteiger partial charge in [-0.05, 0) is 45.9 Å². The number of nitrogens with one attached hydrogen (secondary N) is 1. The van der Waals surface area contributed by atoms with Crippen LogP contribution in [0.4, 0.5) is 0 Å². The molecular formula is C15H18Cl2N2S2. The van der Waals surface area contributed by atoms with Crippen molar-refractivity contribution in [2.75, 3.05) is 0 Å². The van der Waals surface area contributed by atoms with Gasteiger partial charge in [0.15, 0.2) is 0 Å². The van der Waals surface area contributed by atoms with Crippen molar-refractivity contribution in [2.45, 2.75) is 38.5 Å². The number of halogens is 2. The topological polar surface area (TPSA) is 24.9 Å². The zero-order valence-electron chi connectivity index (χ0n) is 12.4. The third-order valence-electron chi connectivity index (χ3n) is 2.66. The van der Waals surface area contributed by atoms with Crippen molar-refractivity contribution in [3.63, 3.8) is 0 Å². The van der Waals surface area contributed by atoms with Crippen LogP contribution < -0.4 is 4.72 Å². The molecule has 0 aromatic carbocycles. The monoisotopic (exact) mass is 360 g/mol. The largest absolute Gasteiger partial charge is 0.250 e. The van der Waals surface area contributed by atoms with E-state index in [1.54, 1.807) is 29.4 Å². The Balaban J connectivity index is 2.37. The molecule has 2 aromatic heterocycles. The maximum atomic E-state index is 6.39. The van der Waals surface area contributed by atoms with E-state index in [0.717, 1.165) is 15.6 Å². The predicted octanol–water partition coefficient (Wildman–Crippen LogP) is 5.88. The van der Waals surface area contributed by atoms with E-state index >= 15 is 0 Å². The summed E-state index contributed by atoms with van der Waals surface area (Å²) in [4.78, 5) is 5.62. The summed E-state index contributed by atoms with van der Waals surface area (Å²) in [6.07, 6.45) is 0. The maximum absolute atomic E-state index is 6.39. The van der Waals surface area contributed by atoms with Crippen LogP contribution in [0.2, 0.25) is 9.49 Å². The van der Waals surface area contributed by atoms with Crippen LogP contribution in [0.3, 0.4) is 0 Å². The van der Waals surface area contributed by atoms with E-state index in [-0.39, 0.29) is 10.8 Å². The second kappa shape index (κ2) is 6.88. The summed E-state index contributed by atoms with van der Waals surface area (Å²) < 4.78 is 4.38. The SMILES string of the molecule is Cc1cc(C(NSC(C)(C)C)c2cccc(Cl)n2)c(Cl)s1. The molecule has 2 heterocycles. The lowest BCUT2D eigenvalue weighted by atomic mass is 10.1. The number of nitrogens with zero attached hydrogens (tertiary/aromatic N) is 1. The maximum Gasteiger partial charge on any atom is 0.129 e.